The van der Waals surface area contributed by atoms with E-state index in [0.29, 0.717) is 32.8 Å². The van der Waals surface area contributed by atoms with Gasteiger partial charge in [0, 0.05) is 63.5 Å². The number of benzene rings is 1. The molecule has 3 heterocycles. The lowest BCUT2D eigenvalue weighted by atomic mass is 9.88. The lowest BCUT2D eigenvalue weighted by Gasteiger charge is -2.25. The molecule has 3 aromatic rings. The highest BCUT2D eigenvalue weighted by Gasteiger charge is 2.65. The predicted molar refractivity (Wildman–Crippen MR) is 166 cm³/mol. The number of nitrogens with zero attached hydrogens (tertiary/aromatic N) is 2. The third-order valence-electron chi connectivity index (χ3n) is 8.37. The lowest BCUT2D eigenvalue weighted by Crippen LogP contribution is -2.42. The van der Waals surface area contributed by atoms with E-state index in [1.54, 1.807) is 0 Å². The van der Waals surface area contributed by atoms with Crippen LogP contribution in [-0.4, -0.2) is 67.0 Å². The Hall–Kier alpha value is -2.85. The molecule has 0 radical (unpaired) electrons. The first-order valence-corrected chi connectivity index (χ1v) is 18.8. The SMILES string of the molecule is C[Si](C)(C)CCOCn1cc(C2(C(F)(F)F)CC2)c2c(Oc3c(F)cc(NC(=S)NCC4(CO)CCOC4)cc3F)ccnc21. The fourth-order valence-corrected chi connectivity index (χ4v) is 6.30. The van der Waals surface area contributed by atoms with Gasteiger partial charge in [0.25, 0.3) is 0 Å². The van der Waals surface area contributed by atoms with Gasteiger partial charge in [-0.3, -0.25) is 0 Å². The molecule has 0 amide bonds. The third-order valence-corrected chi connectivity index (χ3v) is 10.3. The monoisotopic (exact) mass is 672 g/mol. The lowest BCUT2D eigenvalue weighted by molar-refractivity contribution is -0.160. The second-order valence-corrected chi connectivity index (χ2v) is 19.1. The van der Waals surface area contributed by atoms with E-state index in [-0.39, 0.29) is 59.3 Å². The van der Waals surface area contributed by atoms with Crippen molar-refractivity contribution in [3.63, 3.8) is 0 Å². The van der Waals surface area contributed by atoms with Gasteiger partial charge < -0.3 is 34.5 Å². The molecule has 1 unspecified atom stereocenters. The number of aliphatic hydroxyl groups is 1. The summed E-state index contributed by atoms with van der Waals surface area (Å²) < 4.78 is 91.9. The van der Waals surface area contributed by atoms with E-state index in [9.17, 15) is 18.3 Å². The highest BCUT2D eigenvalue weighted by molar-refractivity contribution is 7.80. The van der Waals surface area contributed by atoms with Gasteiger partial charge >= 0.3 is 6.18 Å². The molecule has 45 heavy (non-hydrogen) atoms. The van der Waals surface area contributed by atoms with E-state index in [1.165, 1.54) is 23.0 Å². The summed E-state index contributed by atoms with van der Waals surface area (Å²) in [6.45, 7) is 8.04. The van der Waals surface area contributed by atoms with Crippen molar-refractivity contribution in [3.8, 4) is 11.5 Å². The first-order chi connectivity index (χ1) is 21.2. The van der Waals surface area contributed by atoms with E-state index in [4.69, 9.17) is 26.4 Å². The molecule has 2 aliphatic rings. The van der Waals surface area contributed by atoms with Crippen LogP contribution in [0.4, 0.5) is 27.6 Å². The van der Waals surface area contributed by atoms with Crippen LogP contribution in [0.15, 0.2) is 30.6 Å². The van der Waals surface area contributed by atoms with Crippen LogP contribution in [0.2, 0.25) is 25.7 Å². The summed E-state index contributed by atoms with van der Waals surface area (Å²) in [5.74, 6) is -3.12. The Morgan fingerprint density at radius 2 is 1.89 bits per heavy atom. The number of anilines is 1. The largest absolute Gasteiger partial charge is 0.450 e. The Bertz CT molecular complexity index is 1530. The number of thiocarbonyl (C=S) groups is 1. The Morgan fingerprint density at radius 1 is 1.18 bits per heavy atom. The van der Waals surface area contributed by atoms with Crippen molar-refractivity contribution >= 4 is 42.1 Å². The average Bonchev–Trinajstić information content (AvgIpc) is 3.50. The number of aliphatic hydroxyl groups excluding tert-OH is 1. The van der Waals surface area contributed by atoms with Gasteiger partial charge in [0.15, 0.2) is 22.5 Å². The smallest absolute Gasteiger partial charge is 0.398 e. The molecule has 246 valence electrons. The number of halogens is 5. The average molecular weight is 673 g/mol. The Balaban J connectivity index is 1.39. The molecule has 1 saturated carbocycles. The van der Waals surface area contributed by atoms with Crippen molar-refractivity contribution in [3.05, 3.63) is 47.8 Å². The van der Waals surface area contributed by atoms with Crippen LogP contribution in [0, 0.1) is 17.0 Å². The van der Waals surface area contributed by atoms with Crippen molar-refractivity contribution in [1.29, 1.82) is 0 Å². The number of fused-ring (bicyclic) bond motifs is 1. The van der Waals surface area contributed by atoms with E-state index in [0.717, 1.165) is 18.2 Å². The topological polar surface area (TPSA) is 89.8 Å². The molecular formula is C30H37F5N4O4SSi. The van der Waals surface area contributed by atoms with Crippen molar-refractivity contribution in [2.75, 3.05) is 38.3 Å². The molecule has 2 aromatic heterocycles. The van der Waals surface area contributed by atoms with Gasteiger partial charge in [0.1, 0.15) is 18.1 Å². The van der Waals surface area contributed by atoms with Crippen LogP contribution in [-0.2, 0) is 21.6 Å². The predicted octanol–water partition coefficient (Wildman–Crippen LogP) is 6.70. The number of aromatic nitrogens is 2. The minimum absolute atomic E-state index is 0.00763. The van der Waals surface area contributed by atoms with Crippen molar-refractivity contribution in [2.45, 2.75) is 63.3 Å². The maximum absolute atomic E-state index is 15.3. The van der Waals surface area contributed by atoms with Gasteiger partial charge in [-0.1, -0.05) is 19.6 Å². The van der Waals surface area contributed by atoms with Gasteiger partial charge in [-0.05, 0) is 49.2 Å². The van der Waals surface area contributed by atoms with Gasteiger partial charge in [-0.2, -0.15) is 13.2 Å². The third kappa shape index (κ3) is 7.27. The maximum Gasteiger partial charge on any atom is 0.398 e. The second-order valence-electron chi connectivity index (χ2n) is 13.1. The molecule has 0 bridgehead atoms. The molecule has 8 nitrogen and oxygen atoms in total. The van der Waals surface area contributed by atoms with E-state index in [1.807, 2.05) is 0 Å². The summed E-state index contributed by atoms with van der Waals surface area (Å²) in [4.78, 5) is 4.31. The molecule has 1 atom stereocenters. The number of nitrogens with one attached hydrogen (secondary N) is 2. The van der Waals surface area contributed by atoms with Crippen LogP contribution in [0.25, 0.3) is 11.0 Å². The number of ether oxygens (including phenoxy) is 3. The first kappa shape index (κ1) is 33.5. The van der Waals surface area contributed by atoms with Crippen LogP contribution >= 0.6 is 12.2 Å². The molecular weight excluding hydrogens is 635 g/mol. The Morgan fingerprint density at radius 3 is 2.47 bits per heavy atom. The number of alkyl halides is 3. The van der Waals surface area contributed by atoms with Gasteiger partial charge in [0.05, 0.1) is 24.0 Å². The van der Waals surface area contributed by atoms with Gasteiger partial charge in [-0.15, -0.1) is 0 Å². The van der Waals surface area contributed by atoms with Crippen LogP contribution < -0.4 is 15.4 Å². The van der Waals surface area contributed by atoms with Crippen LogP contribution in [0.1, 0.15) is 24.8 Å². The molecule has 2 fully saturated rings. The molecule has 1 aliphatic carbocycles. The number of pyridine rings is 1. The summed E-state index contributed by atoms with van der Waals surface area (Å²) in [5.41, 5.74) is -2.52. The zero-order chi connectivity index (χ0) is 32.6. The van der Waals surface area contributed by atoms with Crippen LogP contribution in [0.5, 0.6) is 11.5 Å². The Labute approximate surface area is 264 Å². The quantitative estimate of drug-likeness (QED) is 0.0849. The summed E-state index contributed by atoms with van der Waals surface area (Å²) in [6, 6.07) is 4.11. The van der Waals surface area contributed by atoms with Crippen molar-refractivity contribution in [1.82, 2.24) is 14.9 Å². The molecule has 3 N–H and O–H groups in total. The maximum atomic E-state index is 15.3. The molecule has 1 aliphatic heterocycles. The van der Waals surface area contributed by atoms with Gasteiger partial charge in [0.2, 0.25) is 0 Å². The first-order valence-electron chi connectivity index (χ1n) is 14.7. The molecule has 15 heteroatoms. The summed E-state index contributed by atoms with van der Waals surface area (Å²) in [6.07, 6.45) is -1.47. The molecule has 1 aromatic carbocycles. The second kappa shape index (κ2) is 12.7. The highest BCUT2D eigenvalue weighted by Crippen LogP contribution is 2.61. The normalized spacial score (nSPS) is 19.6. The summed E-state index contributed by atoms with van der Waals surface area (Å²) >= 11 is 5.26. The molecule has 0 spiro atoms. The number of hydrogen-bond donors (Lipinski definition) is 3. The standard InChI is InChI=1S/C30H37F5N4O4SSi/c1-45(2,3)11-10-42-18-39-14-20(29(5-6-29)30(33,34)35)24-23(4-8-36-26(24)39)43-25-21(31)12-19(13-22(25)32)38-27(44)37-15-28(16-40)7-9-41-17-28/h4,8,12-14,40H,5-7,9-11,15-18H2,1-3H3,(H2,37,38,44). The molecule has 5 rings (SSSR count). The summed E-state index contributed by atoms with van der Waals surface area (Å²) in [7, 11) is -1.40. The van der Waals surface area contributed by atoms with Crippen molar-refractivity contribution in [2.24, 2.45) is 5.41 Å². The van der Waals surface area contributed by atoms with Crippen LogP contribution in [0.3, 0.4) is 0 Å². The van der Waals surface area contributed by atoms with E-state index < -0.39 is 42.5 Å². The zero-order valence-electron chi connectivity index (χ0n) is 25.3. The Kier molecular flexibility index (Phi) is 9.49. The summed E-state index contributed by atoms with van der Waals surface area (Å²) in [5, 5.41) is 15.5. The fraction of sp³-hybridized carbons (Fsp3) is 0.533. The van der Waals surface area contributed by atoms with Gasteiger partial charge in [-0.25, -0.2) is 13.8 Å². The van der Waals surface area contributed by atoms with Crippen molar-refractivity contribution < 1.29 is 41.3 Å². The molecule has 1 saturated heterocycles. The number of rotatable bonds is 12. The minimum atomic E-state index is -4.55. The fourth-order valence-electron chi connectivity index (χ4n) is 5.36. The highest BCUT2D eigenvalue weighted by atomic mass is 32.1. The zero-order valence-corrected chi connectivity index (χ0v) is 27.1. The van der Waals surface area contributed by atoms with E-state index >= 15 is 8.78 Å². The number of hydrogen-bond acceptors (Lipinski definition) is 6. The minimum Gasteiger partial charge on any atom is -0.450 e. The van der Waals surface area contributed by atoms with E-state index in [2.05, 4.69) is 35.3 Å².